The van der Waals surface area contributed by atoms with Gasteiger partial charge in [-0.1, -0.05) is 5.21 Å². The van der Waals surface area contributed by atoms with Crippen LogP contribution in [0.25, 0.3) is 5.69 Å². The van der Waals surface area contributed by atoms with Crippen LogP contribution >= 0.6 is 0 Å². The van der Waals surface area contributed by atoms with Gasteiger partial charge in [0.25, 0.3) is 11.8 Å². The number of piperidine rings is 1. The van der Waals surface area contributed by atoms with Gasteiger partial charge in [-0.15, -0.1) is 10.2 Å². The van der Waals surface area contributed by atoms with Gasteiger partial charge in [-0.3, -0.25) is 29.6 Å². The largest absolute Gasteiger partial charge is 0.367 e. The lowest BCUT2D eigenvalue weighted by atomic mass is 10.0. The van der Waals surface area contributed by atoms with Crippen molar-refractivity contribution in [1.82, 2.24) is 45.7 Å². The molecule has 2 atom stereocenters. The maximum Gasteiger partial charge on any atom is 0.274 e. The van der Waals surface area contributed by atoms with E-state index in [1.165, 1.54) is 15.8 Å². The van der Waals surface area contributed by atoms with Gasteiger partial charge < -0.3 is 16.0 Å². The number of aromatic amines is 1. The Balaban J connectivity index is 1.31. The third-order valence-electron chi connectivity index (χ3n) is 5.78. The fraction of sp³-hybridized carbons (Fsp3) is 0.300. The van der Waals surface area contributed by atoms with Crippen LogP contribution in [0.15, 0.2) is 24.4 Å². The molecule has 0 bridgehead atoms. The number of rotatable bonds is 5. The topological polar surface area (TPSA) is 194 Å². The van der Waals surface area contributed by atoms with Crippen LogP contribution in [0.4, 0.5) is 5.95 Å². The number of H-pyrrole nitrogens is 1. The van der Waals surface area contributed by atoms with Gasteiger partial charge in [0.15, 0.2) is 5.69 Å². The zero-order valence-corrected chi connectivity index (χ0v) is 18.0. The van der Waals surface area contributed by atoms with Crippen LogP contribution in [0.2, 0.25) is 0 Å². The van der Waals surface area contributed by atoms with Crippen molar-refractivity contribution in [3.8, 4) is 5.69 Å². The number of nitrogens with two attached hydrogens (primary N) is 1. The van der Waals surface area contributed by atoms with E-state index in [1.54, 1.807) is 25.1 Å². The first kappa shape index (κ1) is 21.2. The summed E-state index contributed by atoms with van der Waals surface area (Å²) in [5, 5.41) is 19.3. The van der Waals surface area contributed by atoms with Crippen molar-refractivity contribution in [2.45, 2.75) is 38.4 Å². The molecule has 0 radical (unpaired) electrons. The van der Waals surface area contributed by atoms with Crippen LogP contribution in [-0.4, -0.2) is 64.7 Å². The number of hydrogen-bond donors (Lipinski definition) is 4. The molecule has 174 valence electrons. The number of fused-ring (bicyclic) bond motifs is 1. The summed E-state index contributed by atoms with van der Waals surface area (Å²) in [4.78, 5) is 54.5. The fourth-order valence-electron chi connectivity index (χ4n) is 4.02. The highest BCUT2D eigenvalue weighted by molar-refractivity contribution is 6.05. The number of nitrogens with one attached hydrogen (secondary N) is 3. The summed E-state index contributed by atoms with van der Waals surface area (Å²) in [7, 11) is 0. The summed E-state index contributed by atoms with van der Waals surface area (Å²) in [6, 6.07) is 3.92. The second kappa shape index (κ2) is 8.06. The Bertz CT molecular complexity index is 1330. The third kappa shape index (κ3) is 3.74. The molecule has 4 amide bonds. The minimum absolute atomic E-state index is 0.0771. The van der Waals surface area contributed by atoms with Gasteiger partial charge in [-0.25, -0.2) is 4.68 Å². The van der Waals surface area contributed by atoms with Crippen LogP contribution in [0.3, 0.4) is 0 Å². The molecule has 5 rings (SSSR count). The normalized spacial score (nSPS) is 18.6. The lowest BCUT2D eigenvalue weighted by molar-refractivity contribution is -0.136. The number of benzene rings is 1. The van der Waals surface area contributed by atoms with Gasteiger partial charge in [0, 0.05) is 18.5 Å². The quantitative estimate of drug-likeness (QED) is 0.350. The van der Waals surface area contributed by atoms with E-state index in [4.69, 9.17) is 5.73 Å². The monoisotopic (exact) mass is 464 g/mol. The van der Waals surface area contributed by atoms with E-state index < -0.39 is 23.9 Å². The number of aromatic nitrogens is 6. The molecule has 1 saturated heterocycles. The van der Waals surface area contributed by atoms with Gasteiger partial charge in [0.05, 0.1) is 17.9 Å². The van der Waals surface area contributed by atoms with E-state index in [1.807, 2.05) is 0 Å². The van der Waals surface area contributed by atoms with Crippen molar-refractivity contribution in [2.24, 2.45) is 0 Å². The average molecular weight is 464 g/mol. The minimum Gasteiger partial charge on any atom is -0.367 e. The molecule has 2 aliphatic rings. The number of carbonyl (C=O) groups excluding carboxylic acids is 4. The minimum atomic E-state index is -0.690. The van der Waals surface area contributed by atoms with Gasteiger partial charge in [0.1, 0.15) is 11.9 Å². The number of hydrogen-bond acceptors (Lipinski definition) is 9. The van der Waals surface area contributed by atoms with Crippen molar-refractivity contribution in [1.29, 1.82) is 0 Å². The molecule has 1 fully saturated rings. The van der Waals surface area contributed by atoms with Crippen molar-refractivity contribution in [3.63, 3.8) is 0 Å². The molecule has 14 nitrogen and oxygen atoms in total. The highest BCUT2D eigenvalue weighted by Gasteiger charge is 2.39. The standard InChI is InChI=1S/C20H20N10O4/c1-9(16-24-20(21)27-26-16)22-17(32)13-8-30(28-25-13)11-2-3-12-10(6-11)7-29(19(12)34)14-4-5-15(31)23-18(14)33/h2-3,6,8-9,14H,4-5,7H2,1H3,(H,22,32)(H,23,31,33)(H3,21,24,26,27). The molecular formula is C20H20N10O4. The Kier molecular flexibility index (Phi) is 5.03. The van der Waals surface area contributed by atoms with Crippen molar-refractivity contribution >= 4 is 29.6 Å². The molecule has 3 aromatic rings. The molecule has 0 spiro atoms. The van der Waals surface area contributed by atoms with Gasteiger partial charge in [-0.2, -0.15) is 4.98 Å². The maximum atomic E-state index is 12.8. The highest BCUT2D eigenvalue weighted by atomic mass is 16.2. The first-order chi connectivity index (χ1) is 16.3. The Labute approximate surface area is 191 Å². The summed E-state index contributed by atoms with van der Waals surface area (Å²) in [5.41, 5.74) is 7.36. The Morgan fingerprint density at radius 3 is 2.85 bits per heavy atom. The van der Waals surface area contributed by atoms with E-state index in [0.717, 1.165) is 0 Å². The average Bonchev–Trinajstić information content (AvgIpc) is 3.53. The number of amides is 4. The third-order valence-corrected chi connectivity index (χ3v) is 5.78. The highest BCUT2D eigenvalue weighted by Crippen LogP contribution is 2.29. The Hall–Kier alpha value is -4.62. The van der Waals surface area contributed by atoms with Crippen LogP contribution < -0.4 is 16.4 Å². The Morgan fingerprint density at radius 2 is 2.12 bits per heavy atom. The van der Waals surface area contributed by atoms with E-state index in [2.05, 4.69) is 36.1 Å². The smallest absolute Gasteiger partial charge is 0.274 e. The van der Waals surface area contributed by atoms with Crippen molar-refractivity contribution < 1.29 is 19.2 Å². The fourth-order valence-corrected chi connectivity index (χ4v) is 4.02. The zero-order chi connectivity index (χ0) is 24.0. The molecule has 2 aliphatic heterocycles. The van der Waals surface area contributed by atoms with Crippen molar-refractivity contribution in [3.05, 3.63) is 47.0 Å². The second-order valence-corrected chi connectivity index (χ2v) is 8.06. The van der Waals surface area contributed by atoms with Crippen LogP contribution in [-0.2, 0) is 16.1 Å². The van der Waals surface area contributed by atoms with E-state index >= 15 is 0 Å². The molecular weight excluding hydrogens is 444 g/mol. The van der Waals surface area contributed by atoms with Gasteiger partial charge in [0.2, 0.25) is 17.8 Å². The molecule has 1 aromatic carbocycles. The number of imide groups is 1. The SMILES string of the molecule is CC(NC(=O)c1cn(-c2ccc3c(c2)CN(C2CCC(=O)NC2=O)C3=O)nn1)c1nc(N)n[nH]1. The summed E-state index contributed by atoms with van der Waals surface area (Å²) < 4.78 is 1.42. The summed E-state index contributed by atoms with van der Waals surface area (Å²) in [6.45, 7) is 1.95. The number of anilines is 1. The lowest BCUT2D eigenvalue weighted by Gasteiger charge is -2.29. The summed E-state index contributed by atoms with van der Waals surface area (Å²) >= 11 is 0. The van der Waals surface area contributed by atoms with E-state index in [9.17, 15) is 19.2 Å². The molecule has 0 saturated carbocycles. The number of nitrogen functional groups attached to an aromatic ring is 1. The second-order valence-electron chi connectivity index (χ2n) is 8.06. The van der Waals surface area contributed by atoms with Gasteiger partial charge >= 0.3 is 0 Å². The van der Waals surface area contributed by atoms with Crippen LogP contribution in [0.5, 0.6) is 0 Å². The zero-order valence-electron chi connectivity index (χ0n) is 18.0. The number of carbonyl (C=O) groups is 4. The molecule has 0 aliphatic carbocycles. The molecule has 2 unspecified atom stereocenters. The summed E-state index contributed by atoms with van der Waals surface area (Å²) in [5.74, 6) is -1.05. The first-order valence-electron chi connectivity index (χ1n) is 10.5. The molecule has 34 heavy (non-hydrogen) atoms. The predicted octanol–water partition coefficient (Wildman–Crippen LogP) is -0.780. The number of nitrogens with zero attached hydrogens (tertiary/aromatic N) is 6. The Morgan fingerprint density at radius 1 is 1.29 bits per heavy atom. The van der Waals surface area contributed by atoms with Crippen LogP contribution in [0, 0.1) is 0 Å². The molecule has 5 N–H and O–H groups in total. The summed E-state index contributed by atoms with van der Waals surface area (Å²) in [6.07, 6.45) is 1.94. The lowest BCUT2D eigenvalue weighted by Crippen LogP contribution is -2.52. The van der Waals surface area contributed by atoms with E-state index in [-0.39, 0.29) is 42.8 Å². The first-order valence-corrected chi connectivity index (χ1v) is 10.5. The van der Waals surface area contributed by atoms with Crippen molar-refractivity contribution in [2.75, 3.05) is 5.73 Å². The predicted molar refractivity (Wildman–Crippen MR) is 114 cm³/mol. The van der Waals surface area contributed by atoms with Gasteiger partial charge in [-0.05, 0) is 37.1 Å². The molecule has 4 heterocycles. The molecule has 2 aromatic heterocycles. The van der Waals surface area contributed by atoms with E-state index in [0.29, 0.717) is 22.6 Å². The van der Waals surface area contributed by atoms with Crippen LogP contribution in [0.1, 0.15) is 58.0 Å². The molecule has 14 heteroatoms. The maximum absolute atomic E-state index is 12.8.